The Labute approximate surface area is 163 Å². The Bertz CT molecular complexity index is 637. The van der Waals surface area contributed by atoms with E-state index in [9.17, 15) is 19.2 Å². The molecular weight excluding hydrogens is 377 g/mol. The Morgan fingerprint density at radius 1 is 0.929 bits per heavy atom. The van der Waals surface area contributed by atoms with Gasteiger partial charge in [-0.15, -0.1) is 0 Å². The molecule has 10 heteroatoms. The number of hydrogen-bond acceptors (Lipinski definition) is 8. The lowest BCUT2D eigenvalue weighted by Crippen LogP contribution is -2.58. The molecule has 1 saturated carbocycles. The van der Waals surface area contributed by atoms with E-state index >= 15 is 4.39 Å². The number of nitrogens with zero attached hydrogens (tertiary/aromatic N) is 1. The fraction of sp³-hybridized carbons (Fsp3) is 0.778. The van der Waals surface area contributed by atoms with Crippen molar-refractivity contribution in [2.24, 2.45) is 0 Å². The summed E-state index contributed by atoms with van der Waals surface area (Å²) in [7, 11) is 0.941. The van der Waals surface area contributed by atoms with Crippen LogP contribution in [0.15, 0.2) is 0 Å². The van der Waals surface area contributed by atoms with Gasteiger partial charge in [-0.1, -0.05) is 0 Å². The second kappa shape index (κ2) is 7.56. The first kappa shape index (κ1) is 23.6. The number of ether oxygens (including phenoxy) is 4. The Morgan fingerprint density at radius 2 is 1.36 bits per heavy atom. The molecule has 0 aliphatic heterocycles. The molecule has 1 aliphatic carbocycles. The minimum atomic E-state index is -2.98. The van der Waals surface area contributed by atoms with Gasteiger partial charge in [0.25, 0.3) is 0 Å². The number of imide groups is 1. The molecule has 0 aromatic carbocycles. The molecule has 2 atom stereocenters. The normalized spacial score (nSPS) is 24.0. The van der Waals surface area contributed by atoms with E-state index in [1.807, 2.05) is 0 Å². The molecule has 160 valence electrons. The summed E-state index contributed by atoms with van der Waals surface area (Å²) in [6, 6.07) is 0. The highest BCUT2D eigenvalue weighted by Gasteiger charge is 2.86. The third-order valence-electron chi connectivity index (χ3n) is 3.69. The average Bonchev–Trinajstić information content (AvgIpc) is 3.11. The highest BCUT2D eigenvalue weighted by atomic mass is 19.1. The van der Waals surface area contributed by atoms with Gasteiger partial charge in [0.15, 0.2) is 0 Å². The first-order chi connectivity index (χ1) is 12.6. The second-order valence-corrected chi connectivity index (χ2v) is 8.35. The van der Waals surface area contributed by atoms with Crippen LogP contribution in [-0.2, 0) is 28.5 Å². The zero-order valence-corrected chi connectivity index (χ0v) is 17.5. The standard InChI is InChI=1S/C18H28FNO8/c1-9-26-11(21)17(19)10-18(17,12(22)25-8)20(13(23)27-15(2,3)4)14(24)28-16(5,6)7/h9-10H2,1-8H3. The van der Waals surface area contributed by atoms with Gasteiger partial charge in [-0.3, -0.25) is 0 Å². The van der Waals surface area contributed by atoms with E-state index in [1.165, 1.54) is 48.5 Å². The molecule has 28 heavy (non-hydrogen) atoms. The molecule has 0 N–H and O–H groups in total. The first-order valence-electron chi connectivity index (χ1n) is 8.76. The number of amides is 2. The number of methoxy groups -OCH3 is 1. The zero-order valence-electron chi connectivity index (χ0n) is 17.5. The smallest absolute Gasteiger partial charge is 0.421 e. The van der Waals surface area contributed by atoms with Crippen molar-refractivity contribution < 1.29 is 42.5 Å². The zero-order chi connectivity index (χ0) is 22.1. The monoisotopic (exact) mass is 405 g/mol. The quantitative estimate of drug-likeness (QED) is 0.519. The Kier molecular flexibility index (Phi) is 6.38. The van der Waals surface area contributed by atoms with Gasteiger partial charge in [0.05, 0.1) is 13.7 Å². The van der Waals surface area contributed by atoms with E-state index in [0.717, 1.165) is 7.11 Å². The highest BCUT2D eigenvalue weighted by molar-refractivity contribution is 6.07. The largest absolute Gasteiger partial charge is 0.467 e. The van der Waals surface area contributed by atoms with Crippen molar-refractivity contribution in [3.05, 3.63) is 0 Å². The molecule has 0 saturated heterocycles. The maximum atomic E-state index is 15.4. The number of carbonyl (C=O) groups is 4. The van der Waals surface area contributed by atoms with Crippen LogP contribution in [0.1, 0.15) is 54.9 Å². The third-order valence-corrected chi connectivity index (χ3v) is 3.69. The summed E-state index contributed by atoms with van der Waals surface area (Å²) in [4.78, 5) is 50.3. The van der Waals surface area contributed by atoms with Crippen LogP contribution < -0.4 is 0 Å². The molecule has 9 nitrogen and oxygen atoms in total. The summed E-state index contributed by atoms with van der Waals surface area (Å²) in [5.74, 6) is -2.70. The minimum Gasteiger partial charge on any atom is -0.467 e. The Morgan fingerprint density at radius 3 is 1.68 bits per heavy atom. The summed E-state index contributed by atoms with van der Waals surface area (Å²) >= 11 is 0. The highest BCUT2D eigenvalue weighted by Crippen LogP contribution is 2.57. The van der Waals surface area contributed by atoms with E-state index in [-0.39, 0.29) is 11.5 Å². The first-order valence-corrected chi connectivity index (χ1v) is 8.76. The van der Waals surface area contributed by atoms with Crippen molar-refractivity contribution >= 4 is 24.1 Å². The van der Waals surface area contributed by atoms with Crippen LogP contribution in [0.25, 0.3) is 0 Å². The van der Waals surface area contributed by atoms with Crippen molar-refractivity contribution in [3.63, 3.8) is 0 Å². The maximum Gasteiger partial charge on any atom is 0.421 e. The molecule has 2 amide bonds. The summed E-state index contributed by atoms with van der Waals surface area (Å²) in [6.45, 7) is 10.4. The fourth-order valence-corrected chi connectivity index (χ4v) is 2.55. The van der Waals surface area contributed by atoms with Gasteiger partial charge in [0.2, 0.25) is 11.2 Å². The van der Waals surface area contributed by atoms with Gasteiger partial charge in [-0.05, 0) is 48.5 Å². The van der Waals surface area contributed by atoms with E-state index in [1.54, 1.807) is 0 Å². The third kappa shape index (κ3) is 4.53. The Balaban J connectivity index is 3.50. The van der Waals surface area contributed by atoms with Gasteiger partial charge in [0.1, 0.15) is 11.2 Å². The SMILES string of the molecule is CCOC(=O)C1(F)CC1(C(=O)OC)N(C(=O)OC(C)(C)C)C(=O)OC(C)(C)C. The molecule has 0 heterocycles. The predicted octanol–water partition coefficient (Wildman–Crippen LogP) is 2.75. The topological polar surface area (TPSA) is 108 Å². The van der Waals surface area contributed by atoms with Crippen LogP contribution in [0.5, 0.6) is 0 Å². The van der Waals surface area contributed by atoms with Crippen LogP contribution in [0, 0.1) is 0 Å². The molecule has 0 aromatic rings. The maximum absolute atomic E-state index is 15.4. The van der Waals surface area contributed by atoms with Crippen molar-refractivity contribution in [2.45, 2.75) is 77.3 Å². The van der Waals surface area contributed by atoms with E-state index in [2.05, 4.69) is 9.47 Å². The number of halogens is 1. The molecule has 0 aromatic heterocycles. The van der Waals surface area contributed by atoms with Crippen molar-refractivity contribution in [1.29, 1.82) is 0 Å². The number of rotatable bonds is 4. The van der Waals surface area contributed by atoms with Gasteiger partial charge < -0.3 is 18.9 Å². The molecule has 0 radical (unpaired) electrons. The van der Waals surface area contributed by atoms with Crippen LogP contribution in [-0.4, -0.2) is 65.2 Å². The lowest BCUT2D eigenvalue weighted by Gasteiger charge is -2.33. The van der Waals surface area contributed by atoms with Crippen molar-refractivity contribution in [1.82, 2.24) is 4.90 Å². The number of carbonyl (C=O) groups excluding carboxylic acids is 4. The number of hydrogen-bond donors (Lipinski definition) is 0. The van der Waals surface area contributed by atoms with Gasteiger partial charge in [-0.2, -0.15) is 4.90 Å². The van der Waals surface area contributed by atoms with Crippen LogP contribution in [0.3, 0.4) is 0 Å². The molecular formula is C18H28FNO8. The van der Waals surface area contributed by atoms with Gasteiger partial charge in [0, 0.05) is 6.42 Å². The van der Waals surface area contributed by atoms with E-state index in [4.69, 9.17) is 9.47 Å². The summed E-state index contributed by atoms with van der Waals surface area (Å²) in [5, 5.41) is 0. The summed E-state index contributed by atoms with van der Waals surface area (Å²) < 4.78 is 35.0. The molecule has 1 rings (SSSR count). The molecule has 1 aliphatic rings. The van der Waals surface area contributed by atoms with E-state index < -0.39 is 53.0 Å². The van der Waals surface area contributed by atoms with Crippen LogP contribution in [0.4, 0.5) is 14.0 Å². The van der Waals surface area contributed by atoms with Crippen molar-refractivity contribution in [2.75, 3.05) is 13.7 Å². The van der Waals surface area contributed by atoms with Gasteiger partial charge in [-0.25, -0.2) is 23.6 Å². The second-order valence-electron chi connectivity index (χ2n) is 8.35. The summed E-state index contributed by atoms with van der Waals surface area (Å²) in [6.07, 6.45) is -3.53. The minimum absolute atomic E-state index is 0.166. The molecule has 2 unspecified atom stereocenters. The lowest BCUT2D eigenvalue weighted by atomic mass is 10.1. The average molecular weight is 405 g/mol. The molecule has 1 fully saturated rings. The van der Waals surface area contributed by atoms with E-state index in [0.29, 0.717) is 0 Å². The molecule has 0 spiro atoms. The lowest BCUT2D eigenvalue weighted by molar-refractivity contribution is -0.161. The number of esters is 2. The van der Waals surface area contributed by atoms with Crippen molar-refractivity contribution in [3.8, 4) is 0 Å². The fourth-order valence-electron chi connectivity index (χ4n) is 2.55. The Hall–Kier alpha value is -2.39. The van der Waals surface area contributed by atoms with Crippen LogP contribution in [0.2, 0.25) is 0 Å². The molecule has 0 bridgehead atoms. The van der Waals surface area contributed by atoms with Gasteiger partial charge >= 0.3 is 24.1 Å². The van der Waals surface area contributed by atoms with Crippen LogP contribution >= 0.6 is 0 Å². The predicted molar refractivity (Wildman–Crippen MR) is 94.1 cm³/mol. The number of alkyl halides is 1. The summed E-state index contributed by atoms with van der Waals surface area (Å²) in [5.41, 5.74) is -7.72.